The van der Waals surface area contributed by atoms with Gasteiger partial charge in [-0.2, -0.15) is 0 Å². The first-order valence-electron chi connectivity index (χ1n) is 6.20. The van der Waals surface area contributed by atoms with Gasteiger partial charge < -0.3 is 20.3 Å². The lowest BCUT2D eigenvalue weighted by molar-refractivity contribution is 0.269. The first kappa shape index (κ1) is 14.3. The Kier molecular flexibility index (Phi) is 4.54. The number of aliphatic hydroxyl groups excluding tert-OH is 1. The van der Waals surface area contributed by atoms with Crippen LogP contribution in [0.1, 0.15) is 5.69 Å². The third-order valence-corrected chi connectivity index (χ3v) is 2.93. The highest BCUT2D eigenvalue weighted by Crippen LogP contribution is 2.30. The van der Waals surface area contributed by atoms with Gasteiger partial charge >= 0.3 is 0 Å². The predicted octanol–water partition coefficient (Wildman–Crippen LogP) is 0.413. The maximum atomic E-state index is 9.11. The molecule has 0 aliphatic rings. The monoisotopic (exact) mass is 278 g/mol. The molecule has 0 aliphatic heterocycles. The van der Waals surface area contributed by atoms with Crippen LogP contribution in [0.25, 0.3) is 11.3 Å². The van der Waals surface area contributed by atoms with Crippen molar-refractivity contribution < 1.29 is 14.6 Å². The fraction of sp³-hybridized carbons (Fsp3) is 0.385. The summed E-state index contributed by atoms with van der Waals surface area (Å²) in [5, 5.41) is 17.2. The molecule has 3 N–H and O–H groups in total. The van der Waals surface area contributed by atoms with E-state index in [2.05, 4.69) is 10.3 Å². The molecule has 0 unspecified atom stereocenters. The van der Waals surface area contributed by atoms with Crippen LogP contribution in [0.2, 0.25) is 0 Å². The zero-order valence-corrected chi connectivity index (χ0v) is 11.5. The van der Waals surface area contributed by atoms with Crippen LogP contribution in [0.4, 0.5) is 0 Å². The van der Waals surface area contributed by atoms with Crippen molar-refractivity contribution >= 4 is 0 Å². The van der Waals surface area contributed by atoms with E-state index in [-0.39, 0.29) is 13.2 Å². The van der Waals surface area contributed by atoms with Gasteiger partial charge in [0.2, 0.25) is 0 Å². The molecule has 0 atom stereocenters. The van der Waals surface area contributed by atoms with Crippen molar-refractivity contribution in [3.8, 4) is 22.8 Å². The van der Waals surface area contributed by atoms with Crippen LogP contribution in [0.3, 0.4) is 0 Å². The second-order valence-electron chi connectivity index (χ2n) is 4.14. The highest BCUT2D eigenvalue weighted by molar-refractivity contribution is 5.66. The number of rotatable bonds is 6. The van der Waals surface area contributed by atoms with Gasteiger partial charge in [0.1, 0.15) is 17.2 Å². The Morgan fingerprint density at radius 1 is 1.20 bits per heavy atom. The van der Waals surface area contributed by atoms with Crippen molar-refractivity contribution in [1.29, 1.82) is 0 Å². The lowest BCUT2D eigenvalue weighted by Gasteiger charge is -2.10. The van der Waals surface area contributed by atoms with E-state index in [1.54, 1.807) is 25.0 Å². The van der Waals surface area contributed by atoms with E-state index in [4.69, 9.17) is 20.3 Å². The number of benzene rings is 1. The second-order valence-corrected chi connectivity index (χ2v) is 4.14. The summed E-state index contributed by atoms with van der Waals surface area (Å²) in [7, 11) is 3.18. The van der Waals surface area contributed by atoms with Crippen LogP contribution >= 0.6 is 0 Å². The maximum Gasteiger partial charge on any atom is 0.123 e. The van der Waals surface area contributed by atoms with Crippen molar-refractivity contribution in [2.75, 3.05) is 20.8 Å². The molecule has 20 heavy (non-hydrogen) atoms. The van der Waals surface area contributed by atoms with Crippen molar-refractivity contribution in [3.63, 3.8) is 0 Å². The van der Waals surface area contributed by atoms with Crippen LogP contribution in [0, 0.1) is 0 Å². The van der Waals surface area contributed by atoms with E-state index in [9.17, 15) is 0 Å². The number of aromatic nitrogens is 3. The SMILES string of the molecule is COc1cc(OC)cc(-c2c(CN)nnn2CCO)c1. The normalized spacial score (nSPS) is 10.6. The van der Waals surface area contributed by atoms with E-state index in [0.717, 1.165) is 11.3 Å². The number of ether oxygens (including phenoxy) is 2. The predicted molar refractivity (Wildman–Crippen MR) is 73.5 cm³/mol. The van der Waals surface area contributed by atoms with Gasteiger partial charge in [-0.3, -0.25) is 0 Å². The Labute approximate surface area is 116 Å². The van der Waals surface area contributed by atoms with E-state index in [0.29, 0.717) is 23.7 Å². The molecular weight excluding hydrogens is 260 g/mol. The molecular formula is C13H18N4O3. The first-order valence-corrected chi connectivity index (χ1v) is 6.20. The molecule has 2 rings (SSSR count). The lowest BCUT2D eigenvalue weighted by Crippen LogP contribution is -2.07. The summed E-state index contributed by atoms with van der Waals surface area (Å²) in [6.45, 7) is 0.587. The van der Waals surface area contributed by atoms with Crippen LogP contribution in [0.15, 0.2) is 18.2 Å². The Morgan fingerprint density at radius 3 is 2.35 bits per heavy atom. The molecule has 0 bridgehead atoms. The van der Waals surface area contributed by atoms with E-state index < -0.39 is 0 Å². The highest BCUT2D eigenvalue weighted by atomic mass is 16.5. The summed E-state index contributed by atoms with van der Waals surface area (Å²) in [6.07, 6.45) is 0. The molecule has 1 aromatic heterocycles. The van der Waals surface area contributed by atoms with Gasteiger partial charge in [0, 0.05) is 18.2 Å². The zero-order valence-electron chi connectivity index (χ0n) is 11.5. The van der Waals surface area contributed by atoms with Crippen LogP contribution in [-0.4, -0.2) is 40.9 Å². The van der Waals surface area contributed by atoms with E-state index in [1.165, 1.54) is 0 Å². The van der Waals surface area contributed by atoms with Gasteiger partial charge in [-0.05, 0) is 12.1 Å². The fourth-order valence-electron chi connectivity index (χ4n) is 2.00. The van der Waals surface area contributed by atoms with E-state index in [1.807, 2.05) is 12.1 Å². The molecule has 0 aliphatic carbocycles. The second kappa shape index (κ2) is 6.36. The number of nitrogens with two attached hydrogens (primary N) is 1. The third kappa shape index (κ3) is 2.73. The summed E-state index contributed by atoms with van der Waals surface area (Å²) in [6, 6.07) is 5.49. The van der Waals surface area contributed by atoms with Gasteiger partial charge in [0.15, 0.2) is 0 Å². The molecule has 1 aromatic carbocycles. The van der Waals surface area contributed by atoms with Crippen LogP contribution in [0.5, 0.6) is 11.5 Å². The quantitative estimate of drug-likeness (QED) is 0.794. The van der Waals surface area contributed by atoms with Crippen molar-refractivity contribution in [3.05, 3.63) is 23.9 Å². The van der Waals surface area contributed by atoms with Gasteiger partial charge in [0.05, 0.1) is 33.1 Å². The topological polar surface area (TPSA) is 95.4 Å². The molecule has 0 amide bonds. The summed E-state index contributed by atoms with van der Waals surface area (Å²) in [4.78, 5) is 0. The summed E-state index contributed by atoms with van der Waals surface area (Å²) >= 11 is 0. The van der Waals surface area contributed by atoms with Gasteiger partial charge in [0.25, 0.3) is 0 Å². The maximum absolute atomic E-state index is 9.11. The molecule has 0 saturated heterocycles. The molecule has 108 valence electrons. The Bertz CT molecular complexity index is 561. The van der Waals surface area contributed by atoms with Crippen molar-refractivity contribution in [2.24, 2.45) is 5.73 Å². The molecule has 0 spiro atoms. The molecule has 0 radical (unpaired) electrons. The van der Waals surface area contributed by atoms with Gasteiger partial charge in [-0.25, -0.2) is 4.68 Å². The fourth-order valence-corrected chi connectivity index (χ4v) is 2.00. The summed E-state index contributed by atoms with van der Waals surface area (Å²) in [5.74, 6) is 1.33. The average Bonchev–Trinajstić information content (AvgIpc) is 2.89. The van der Waals surface area contributed by atoms with Crippen molar-refractivity contribution in [2.45, 2.75) is 13.1 Å². The van der Waals surface area contributed by atoms with E-state index >= 15 is 0 Å². The third-order valence-electron chi connectivity index (χ3n) is 2.93. The van der Waals surface area contributed by atoms with Crippen LogP contribution in [-0.2, 0) is 13.1 Å². The highest BCUT2D eigenvalue weighted by Gasteiger charge is 2.15. The van der Waals surface area contributed by atoms with Crippen LogP contribution < -0.4 is 15.2 Å². The average molecular weight is 278 g/mol. The molecule has 7 heteroatoms. The molecule has 0 saturated carbocycles. The lowest BCUT2D eigenvalue weighted by atomic mass is 10.1. The molecule has 0 fully saturated rings. The summed E-state index contributed by atoms with van der Waals surface area (Å²) < 4.78 is 12.1. The molecule has 7 nitrogen and oxygen atoms in total. The number of aliphatic hydroxyl groups is 1. The van der Waals surface area contributed by atoms with Gasteiger partial charge in [-0.1, -0.05) is 5.21 Å². The first-order chi connectivity index (χ1) is 9.73. The minimum Gasteiger partial charge on any atom is -0.497 e. The number of nitrogens with zero attached hydrogens (tertiary/aromatic N) is 3. The smallest absolute Gasteiger partial charge is 0.123 e. The number of hydrogen-bond donors (Lipinski definition) is 2. The number of methoxy groups -OCH3 is 2. The minimum atomic E-state index is -0.0263. The Balaban J connectivity index is 2.56. The van der Waals surface area contributed by atoms with Crippen molar-refractivity contribution in [1.82, 2.24) is 15.0 Å². The zero-order chi connectivity index (χ0) is 14.5. The minimum absolute atomic E-state index is 0.0263. The number of hydrogen-bond acceptors (Lipinski definition) is 6. The standard InChI is InChI=1S/C13H18N4O3/c1-19-10-5-9(6-11(7-10)20-2)13-12(8-14)15-16-17(13)3-4-18/h5-7,18H,3-4,8,14H2,1-2H3. The molecule has 1 heterocycles. The Hall–Kier alpha value is -2.12. The largest absolute Gasteiger partial charge is 0.497 e. The summed E-state index contributed by atoms with van der Waals surface area (Å²) in [5.41, 5.74) is 7.95. The van der Waals surface area contributed by atoms with Gasteiger partial charge in [-0.15, -0.1) is 5.10 Å². The Morgan fingerprint density at radius 2 is 1.85 bits per heavy atom. The molecule has 2 aromatic rings.